The zero-order valence-electron chi connectivity index (χ0n) is 20.7. The van der Waals surface area contributed by atoms with Crippen LogP contribution in [0.15, 0.2) is 30.5 Å². The smallest absolute Gasteiger partial charge is 0.326 e. The first-order valence-corrected chi connectivity index (χ1v) is 11.7. The van der Waals surface area contributed by atoms with Crippen LogP contribution in [0.5, 0.6) is 0 Å². The highest BCUT2D eigenvalue weighted by Gasteiger charge is 2.33. The van der Waals surface area contributed by atoms with E-state index in [1.165, 1.54) is 6.92 Å². The van der Waals surface area contributed by atoms with E-state index in [9.17, 15) is 34.2 Å². The Balaban J connectivity index is 2.29. The summed E-state index contributed by atoms with van der Waals surface area (Å²) in [5.41, 5.74) is 7.23. The van der Waals surface area contributed by atoms with Crippen LogP contribution in [0.1, 0.15) is 32.8 Å². The molecule has 37 heavy (non-hydrogen) atoms. The minimum Gasteiger partial charge on any atom is -0.481 e. The number of aliphatic carboxylic acids is 2. The van der Waals surface area contributed by atoms with Gasteiger partial charge in [0.1, 0.15) is 24.2 Å². The molecule has 9 N–H and O–H groups in total. The van der Waals surface area contributed by atoms with E-state index in [-0.39, 0.29) is 6.42 Å². The SMILES string of the molecule is CC(C)C(NC(=O)C(Cc1c[nH]c2ccccc12)NC(=O)C(N)C(C)O)C(=O)NC(CC(=O)O)C(=O)O. The quantitative estimate of drug-likeness (QED) is 0.164. The van der Waals surface area contributed by atoms with Gasteiger partial charge in [0, 0.05) is 23.5 Å². The number of carboxylic acids is 2. The molecule has 0 bridgehead atoms. The monoisotopic (exact) mass is 519 g/mol. The van der Waals surface area contributed by atoms with Gasteiger partial charge in [0.05, 0.1) is 12.5 Å². The fraction of sp³-hybridized carbons (Fsp3) is 0.458. The number of aromatic nitrogens is 1. The first kappa shape index (κ1) is 29.3. The number of benzene rings is 1. The van der Waals surface area contributed by atoms with Crippen LogP contribution in [-0.2, 0) is 30.4 Å². The van der Waals surface area contributed by atoms with Crippen LogP contribution in [0, 0.1) is 5.92 Å². The Kier molecular flexibility index (Phi) is 10.1. The van der Waals surface area contributed by atoms with Gasteiger partial charge in [-0.3, -0.25) is 19.2 Å². The number of carbonyl (C=O) groups excluding carboxylic acids is 3. The minimum absolute atomic E-state index is 0.0112. The molecule has 3 amide bonds. The van der Waals surface area contributed by atoms with Crippen molar-refractivity contribution in [1.82, 2.24) is 20.9 Å². The van der Waals surface area contributed by atoms with Crippen LogP contribution >= 0.6 is 0 Å². The zero-order chi connectivity index (χ0) is 27.9. The number of aromatic amines is 1. The number of hydrogen-bond acceptors (Lipinski definition) is 7. The Morgan fingerprint density at radius 3 is 2.11 bits per heavy atom. The normalized spacial score (nSPS) is 15.3. The van der Waals surface area contributed by atoms with Gasteiger partial charge in [0.2, 0.25) is 17.7 Å². The highest BCUT2D eigenvalue weighted by atomic mass is 16.4. The summed E-state index contributed by atoms with van der Waals surface area (Å²) in [5.74, 6) is -5.92. The Labute approximate surface area is 212 Å². The topological polar surface area (TPSA) is 224 Å². The van der Waals surface area contributed by atoms with Gasteiger partial charge in [-0.1, -0.05) is 32.0 Å². The molecule has 2 aromatic rings. The van der Waals surface area contributed by atoms with Crippen LogP contribution < -0.4 is 21.7 Å². The maximum absolute atomic E-state index is 13.3. The number of hydrogen-bond donors (Lipinski definition) is 8. The highest BCUT2D eigenvalue weighted by Crippen LogP contribution is 2.19. The Morgan fingerprint density at radius 2 is 1.54 bits per heavy atom. The van der Waals surface area contributed by atoms with Crippen molar-refractivity contribution in [2.45, 2.75) is 63.9 Å². The number of aliphatic hydroxyl groups excluding tert-OH is 1. The van der Waals surface area contributed by atoms with Gasteiger partial charge in [-0.05, 0) is 24.5 Å². The third-order valence-electron chi connectivity index (χ3n) is 5.79. The van der Waals surface area contributed by atoms with Crippen molar-refractivity contribution in [2.75, 3.05) is 0 Å². The van der Waals surface area contributed by atoms with E-state index in [0.717, 1.165) is 10.9 Å². The molecule has 5 atom stereocenters. The third-order valence-corrected chi connectivity index (χ3v) is 5.79. The minimum atomic E-state index is -1.70. The van der Waals surface area contributed by atoms with E-state index >= 15 is 0 Å². The number of rotatable bonds is 13. The van der Waals surface area contributed by atoms with E-state index in [1.54, 1.807) is 20.0 Å². The molecular formula is C24H33N5O8. The molecule has 13 nitrogen and oxygen atoms in total. The fourth-order valence-electron chi connectivity index (χ4n) is 3.64. The van der Waals surface area contributed by atoms with E-state index in [0.29, 0.717) is 5.56 Å². The van der Waals surface area contributed by atoms with Crippen molar-refractivity contribution in [3.63, 3.8) is 0 Å². The van der Waals surface area contributed by atoms with Crippen LogP contribution in [0.3, 0.4) is 0 Å². The molecule has 1 aromatic heterocycles. The summed E-state index contributed by atoms with van der Waals surface area (Å²) in [5, 5.41) is 35.8. The first-order valence-electron chi connectivity index (χ1n) is 11.7. The molecule has 0 radical (unpaired) electrons. The lowest BCUT2D eigenvalue weighted by molar-refractivity contribution is -0.147. The third kappa shape index (κ3) is 8.02. The fourth-order valence-corrected chi connectivity index (χ4v) is 3.64. The molecule has 0 spiro atoms. The largest absolute Gasteiger partial charge is 0.481 e. The van der Waals surface area contributed by atoms with Gasteiger partial charge in [-0.25, -0.2) is 4.79 Å². The number of para-hydroxylation sites is 1. The maximum atomic E-state index is 13.3. The second-order valence-electron chi connectivity index (χ2n) is 9.12. The molecule has 2 rings (SSSR count). The van der Waals surface area contributed by atoms with Gasteiger partial charge in [0.25, 0.3) is 0 Å². The average Bonchev–Trinajstić information content (AvgIpc) is 3.22. The number of aliphatic hydroxyl groups is 1. The number of fused-ring (bicyclic) bond motifs is 1. The summed E-state index contributed by atoms with van der Waals surface area (Å²) in [6, 6.07) is 1.85. The maximum Gasteiger partial charge on any atom is 0.326 e. The lowest BCUT2D eigenvalue weighted by Crippen LogP contribution is -2.59. The lowest BCUT2D eigenvalue weighted by Gasteiger charge is -2.27. The van der Waals surface area contributed by atoms with E-state index < -0.39 is 72.3 Å². The predicted octanol–water partition coefficient (Wildman–Crippen LogP) is -0.912. The Bertz CT molecular complexity index is 1150. The first-order chi connectivity index (χ1) is 17.3. The van der Waals surface area contributed by atoms with Gasteiger partial charge in [0.15, 0.2) is 0 Å². The van der Waals surface area contributed by atoms with Crippen LogP contribution in [0.2, 0.25) is 0 Å². The second-order valence-corrected chi connectivity index (χ2v) is 9.12. The van der Waals surface area contributed by atoms with Crippen molar-refractivity contribution >= 4 is 40.6 Å². The predicted molar refractivity (Wildman–Crippen MR) is 132 cm³/mol. The van der Waals surface area contributed by atoms with E-state index in [1.807, 2.05) is 24.3 Å². The van der Waals surface area contributed by atoms with Gasteiger partial charge < -0.3 is 42.0 Å². The lowest BCUT2D eigenvalue weighted by atomic mass is 10.00. The molecule has 0 aliphatic heterocycles. The van der Waals surface area contributed by atoms with Gasteiger partial charge in [-0.15, -0.1) is 0 Å². The molecule has 5 unspecified atom stereocenters. The summed E-state index contributed by atoms with van der Waals surface area (Å²) in [6.07, 6.45) is -0.344. The zero-order valence-corrected chi connectivity index (χ0v) is 20.7. The van der Waals surface area contributed by atoms with Crippen LogP contribution in [-0.4, -0.2) is 80.2 Å². The Morgan fingerprint density at radius 1 is 0.919 bits per heavy atom. The number of nitrogens with one attached hydrogen (secondary N) is 4. The summed E-state index contributed by atoms with van der Waals surface area (Å²) in [6.45, 7) is 4.54. The molecular weight excluding hydrogens is 486 g/mol. The second kappa shape index (κ2) is 12.8. The summed E-state index contributed by atoms with van der Waals surface area (Å²) in [4.78, 5) is 64.1. The molecule has 1 aromatic carbocycles. The number of H-pyrrole nitrogens is 1. The van der Waals surface area contributed by atoms with E-state index in [2.05, 4.69) is 20.9 Å². The van der Waals surface area contributed by atoms with Crippen LogP contribution in [0.4, 0.5) is 0 Å². The molecule has 0 aliphatic carbocycles. The van der Waals surface area contributed by atoms with E-state index in [4.69, 9.17) is 10.8 Å². The van der Waals surface area contributed by atoms with Gasteiger partial charge >= 0.3 is 11.9 Å². The summed E-state index contributed by atoms with van der Waals surface area (Å²) < 4.78 is 0. The van der Waals surface area contributed by atoms with Crippen LogP contribution in [0.25, 0.3) is 10.9 Å². The van der Waals surface area contributed by atoms with Crippen molar-refractivity contribution in [2.24, 2.45) is 11.7 Å². The molecule has 0 saturated heterocycles. The van der Waals surface area contributed by atoms with Crippen molar-refractivity contribution in [3.8, 4) is 0 Å². The summed E-state index contributed by atoms with van der Waals surface area (Å²) in [7, 11) is 0. The van der Waals surface area contributed by atoms with Crippen molar-refractivity contribution < 1.29 is 39.3 Å². The highest BCUT2D eigenvalue weighted by molar-refractivity contribution is 5.95. The number of carboxylic acid groups (broad SMARTS) is 2. The molecule has 1 heterocycles. The number of amides is 3. The summed E-state index contributed by atoms with van der Waals surface area (Å²) >= 11 is 0. The number of carbonyl (C=O) groups is 5. The Hall–Kier alpha value is -3.97. The molecule has 0 fully saturated rings. The number of nitrogens with two attached hydrogens (primary N) is 1. The standard InChI is InChI=1S/C24H33N5O8/c1-11(2)20(23(35)28-17(24(36)37)9-18(31)32)29-21(33)16(27-22(34)19(25)12(3)30)8-13-10-26-15-7-5-4-6-14(13)15/h4-7,10-12,16-17,19-20,26,30H,8-9,25H2,1-3H3,(H,27,34)(H,28,35)(H,29,33)(H,31,32)(H,36,37). The average molecular weight is 520 g/mol. The molecule has 202 valence electrons. The van der Waals surface area contributed by atoms with Gasteiger partial charge in [-0.2, -0.15) is 0 Å². The molecule has 0 aliphatic rings. The van der Waals surface area contributed by atoms with Crippen molar-refractivity contribution in [1.29, 1.82) is 0 Å². The molecule has 13 heteroatoms. The van der Waals surface area contributed by atoms with Crippen molar-refractivity contribution in [3.05, 3.63) is 36.0 Å². The molecule has 0 saturated carbocycles.